The maximum absolute atomic E-state index is 13.7. The number of pyridine rings is 1. The molecule has 0 saturated heterocycles. The lowest BCUT2D eigenvalue weighted by molar-refractivity contribution is 0.600. The third kappa shape index (κ3) is 2.37. The second-order valence-electron chi connectivity index (χ2n) is 6.35. The summed E-state index contributed by atoms with van der Waals surface area (Å²) >= 11 is 0. The first-order valence-electron chi connectivity index (χ1n) is 8.28. The van der Waals surface area contributed by atoms with E-state index in [2.05, 4.69) is 6.07 Å². The maximum Gasteiger partial charge on any atom is 0.123 e. The molecule has 22 heavy (non-hydrogen) atoms. The summed E-state index contributed by atoms with van der Waals surface area (Å²) in [5.41, 5.74) is 7.57. The molecular weight excluding hydrogens is 272 g/mol. The number of fused-ring (bicyclic) bond motifs is 2. The van der Waals surface area contributed by atoms with Gasteiger partial charge in [0.2, 0.25) is 0 Å². The largest absolute Gasteiger partial charge is 0.256 e. The lowest BCUT2D eigenvalue weighted by Crippen LogP contribution is -2.03. The highest BCUT2D eigenvalue weighted by atomic mass is 18.2. The molecule has 2 aliphatic carbocycles. The third-order valence-corrected chi connectivity index (χ3v) is 4.94. The molecule has 2 heteroatoms. The number of aryl methyl sites for hydroxylation is 2. The van der Waals surface area contributed by atoms with Gasteiger partial charge in [-0.15, -0.1) is 0 Å². The predicted molar refractivity (Wildman–Crippen MR) is 87.2 cm³/mol. The van der Waals surface area contributed by atoms with Crippen molar-refractivity contribution in [3.05, 3.63) is 70.3 Å². The summed E-state index contributed by atoms with van der Waals surface area (Å²) in [6.07, 6.45) is 9.87. The minimum absolute atomic E-state index is 0.134. The molecule has 112 valence electrons. The zero-order valence-corrected chi connectivity index (χ0v) is 12.7. The van der Waals surface area contributed by atoms with Gasteiger partial charge in [-0.25, -0.2) is 4.39 Å². The Morgan fingerprint density at radius 2 is 1.68 bits per heavy atom. The van der Waals surface area contributed by atoms with Crippen LogP contribution < -0.4 is 0 Å². The van der Waals surface area contributed by atoms with Crippen molar-refractivity contribution < 1.29 is 4.39 Å². The zero-order valence-electron chi connectivity index (χ0n) is 12.7. The highest BCUT2D eigenvalue weighted by molar-refractivity contribution is 5.84. The SMILES string of the molecule is [18F]c1ccc2c(c1)CCc1cccnc1C2=C1CCCCC1. The van der Waals surface area contributed by atoms with Crippen LogP contribution in [0, 0.1) is 5.82 Å². The second kappa shape index (κ2) is 5.68. The molecule has 0 radical (unpaired) electrons. The van der Waals surface area contributed by atoms with E-state index in [1.54, 1.807) is 12.1 Å². The zero-order chi connectivity index (χ0) is 14.9. The van der Waals surface area contributed by atoms with Gasteiger partial charge in [-0.1, -0.05) is 24.1 Å². The average Bonchev–Trinajstić information content (AvgIpc) is 2.72. The summed E-state index contributed by atoms with van der Waals surface area (Å²) in [5, 5.41) is 0. The Balaban J connectivity index is 1.98. The molecule has 0 amide bonds. The summed E-state index contributed by atoms with van der Waals surface area (Å²) < 4.78 is 13.7. The summed E-state index contributed by atoms with van der Waals surface area (Å²) in [6, 6.07) is 9.46. The van der Waals surface area contributed by atoms with Gasteiger partial charge < -0.3 is 0 Å². The summed E-state index contributed by atoms with van der Waals surface area (Å²) in [4.78, 5) is 4.71. The number of benzene rings is 1. The van der Waals surface area contributed by atoms with Crippen LogP contribution in [-0.2, 0) is 12.8 Å². The first-order chi connectivity index (χ1) is 10.8. The minimum Gasteiger partial charge on any atom is -0.256 e. The van der Waals surface area contributed by atoms with E-state index in [1.807, 2.05) is 18.3 Å². The number of aromatic nitrogens is 1. The van der Waals surface area contributed by atoms with Gasteiger partial charge in [-0.05, 0) is 73.4 Å². The van der Waals surface area contributed by atoms with E-state index in [4.69, 9.17) is 4.98 Å². The van der Waals surface area contributed by atoms with Crippen molar-refractivity contribution in [1.29, 1.82) is 0 Å². The molecular formula is C20H20FN. The minimum atomic E-state index is -0.134. The number of allylic oxidation sites excluding steroid dienone is 1. The molecule has 1 aromatic carbocycles. The molecule has 1 fully saturated rings. The van der Waals surface area contributed by atoms with Crippen LogP contribution >= 0.6 is 0 Å². The highest BCUT2D eigenvalue weighted by Gasteiger charge is 2.23. The predicted octanol–water partition coefficient (Wildman–Crippen LogP) is 5.09. The Hall–Kier alpha value is -1.96. The number of nitrogens with zero attached hydrogens (tertiary/aromatic N) is 1. The van der Waals surface area contributed by atoms with Crippen LogP contribution in [0.4, 0.5) is 4.39 Å². The fourth-order valence-corrected chi connectivity index (χ4v) is 3.86. The molecule has 1 aromatic heterocycles. The molecule has 0 N–H and O–H groups in total. The van der Waals surface area contributed by atoms with Crippen LogP contribution in [0.5, 0.6) is 0 Å². The summed E-state index contributed by atoms with van der Waals surface area (Å²) in [5.74, 6) is -0.134. The molecule has 0 bridgehead atoms. The average molecular weight is 292 g/mol. The summed E-state index contributed by atoms with van der Waals surface area (Å²) in [7, 11) is 0. The van der Waals surface area contributed by atoms with Crippen LogP contribution in [0.25, 0.3) is 5.57 Å². The van der Waals surface area contributed by atoms with Gasteiger partial charge in [-0.2, -0.15) is 0 Å². The number of halogens is 1. The van der Waals surface area contributed by atoms with E-state index in [0.29, 0.717) is 0 Å². The van der Waals surface area contributed by atoms with Gasteiger partial charge >= 0.3 is 0 Å². The van der Waals surface area contributed by atoms with Crippen LogP contribution in [0.1, 0.15) is 54.5 Å². The van der Waals surface area contributed by atoms with E-state index in [9.17, 15) is 4.39 Å². The molecule has 0 aliphatic heterocycles. The van der Waals surface area contributed by atoms with E-state index in [0.717, 1.165) is 36.9 Å². The maximum atomic E-state index is 13.7. The third-order valence-electron chi connectivity index (χ3n) is 4.94. The Bertz CT molecular complexity index is 737. The van der Waals surface area contributed by atoms with Crippen LogP contribution in [0.2, 0.25) is 0 Å². The first-order valence-corrected chi connectivity index (χ1v) is 8.28. The molecule has 1 heterocycles. The Labute approximate surface area is 130 Å². The molecule has 0 atom stereocenters. The standard InChI is InChI=1S/C20H20FN/c21-17-10-11-18-16(13-17)9-8-15-7-4-12-22-20(15)19(18)14-5-2-1-3-6-14/h4,7,10-13H,1-3,5-6,8-9H2/i21-1. The molecule has 0 unspecified atom stereocenters. The van der Waals surface area contributed by atoms with Gasteiger partial charge in [0.1, 0.15) is 5.82 Å². The van der Waals surface area contributed by atoms with E-state index in [-0.39, 0.29) is 5.82 Å². The fraction of sp³-hybridized carbons (Fsp3) is 0.350. The van der Waals surface area contributed by atoms with Crippen molar-refractivity contribution in [3.63, 3.8) is 0 Å². The Kier molecular flexibility index (Phi) is 3.53. The van der Waals surface area contributed by atoms with E-state index in [1.165, 1.54) is 41.5 Å². The topological polar surface area (TPSA) is 12.9 Å². The normalized spacial score (nSPS) is 17.7. The molecule has 1 nitrogen and oxygen atoms in total. The van der Waals surface area contributed by atoms with Gasteiger partial charge in [0, 0.05) is 11.8 Å². The van der Waals surface area contributed by atoms with Crippen molar-refractivity contribution in [2.45, 2.75) is 44.9 Å². The molecule has 0 spiro atoms. The molecule has 1 saturated carbocycles. The number of hydrogen-bond donors (Lipinski definition) is 0. The van der Waals surface area contributed by atoms with Crippen molar-refractivity contribution in [2.75, 3.05) is 0 Å². The first kappa shape index (κ1) is 13.7. The fourth-order valence-electron chi connectivity index (χ4n) is 3.86. The quantitative estimate of drug-likeness (QED) is 0.659. The van der Waals surface area contributed by atoms with Crippen LogP contribution in [0.15, 0.2) is 42.1 Å². The van der Waals surface area contributed by atoms with Crippen molar-refractivity contribution in [3.8, 4) is 0 Å². The lowest BCUT2D eigenvalue weighted by Gasteiger charge is -2.21. The van der Waals surface area contributed by atoms with Crippen molar-refractivity contribution in [1.82, 2.24) is 4.98 Å². The molecule has 2 aliphatic rings. The number of rotatable bonds is 0. The Morgan fingerprint density at radius 1 is 0.864 bits per heavy atom. The Morgan fingerprint density at radius 3 is 2.55 bits per heavy atom. The van der Waals surface area contributed by atoms with Crippen molar-refractivity contribution in [2.24, 2.45) is 0 Å². The van der Waals surface area contributed by atoms with Crippen LogP contribution in [0.3, 0.4) is 0 Å². The van der Waals surface area contributed by atoms with Crippen LogP contribution in [-0.4, -0.2) is 4.98 Å². The molecule has 4 rings (SSSR count). The van der Waals surface area contributed by atoms with E-state index >= 15 is 0 Å². The van der Waals surface area contributed by atoms with Gasteiger partial charge in [0.25, 0.3) is 0 Å². The molecule has 2 aromatic rings. The van der Waals surface area contributed by atoms with E-state index < -0.39 is 0 Å². The highest BCUT2D eigenvalue weighted by Crippen LogP contribution is 2.39. The number of hydrogen-bond acceptors (Lipinski definition) is 1. The lowest BCUT2D eigenvalue weighted by atomic mass is 9.85. The van der Waals surface area contributed by atoms with Gasteiger partial charge in [0.15, 0.2) is 0 Å². The van der Waals surface area contributed by atoms with Gasteiger partial charge in [0.05, 0.1) is 5.69 Å². The summed E-state index contributed by atoms with van der Waals surface area (Å²) in [6.45, 7) is 0. The van der Waals surface area contributed by atoms with Crippen molar-refractivity contribution >= 4 is 5.57 Å². The smallest absolute Gasteiger partial charge is 0.123 e. The second-order valence-corrected chi connectivity index (χ2v) is 6.35. The monoisotopic (exact) mass is 292 g/mol. The van der Waals surface area contributed by atoms with Gasteiger partial charge in [-0.3, -0.25) is 4.98 Å².